The number of alkyl halides is 6. The molecule has 6 heteroatoms. The largest absolute Gasteiger partial charge is 0.416 e. The minimum Gasteiger partial charge on any atom is -0.166 e. The summed E-state index contributed by atoms with van der Waals surface area (Å²) in [5.74, 6) is 11.3. The first-order valence-corrected chi connectivity index (χ1v) is 8.60. The Morgan fingerprint density at radius 3 is 1.07 bits per heavy atom. The second-order valence-electron chi connectivity index (χ2n) is 6.20. The molecule has 0 nitrogen and oxygen atoms in total. The summed E-state index contributed by atoms with van der Waals surface area (Å²) in [5.41, 5.74) is 0.419. The number of hydrogen-bond donors (Lipinski definition) is 0. The average Bonchev–Trinajstić information content (AvgIpc) is 2.70. The summed E-state index contributed by atoms with van der Waals surface area (Å²) in [7, 11) is 0. The summed E-state index contributed by atoms with van der Waals surface area (Å²) >= 11 is 0. The van der Waals surface area contributed by atoms with Crippen LogP contribution in [0, 0.1) is 23.7 Å². The van der Waals surface area contributed by atoms with Crippen molar-refractivity contribution in [2.45, 2.75) is 12.4 Å². The molecule has 0 radical (unpaired) electrons. The van der Waals surface area contributed by atoms with Crippen molar-refractivity contribution in [2.24, 2.45) is 0 Å². The van der Waals surface area contributed by atoms with Gasteiger partial charge < -0.3 is 0 Å². The highest BCUT2D eigenvalue weighted by molar-refractivity contribution is 5.54. The highest BCUT2D eigenvalue weighted by Crippen LogP contribution is 2.29. The quantitative estimate of drug-likeness (QED) is 0.290. The molecule has 0 fully saturated rings. The second kappa shape index (κ2) is 8.39. The third-order valence-corrected chi connectivity index (χ3v) is 4.03. The molecule has 0 heterocycles. The number of halogens is 6. The normalized spacial score (nSPS) is 11.1. The Hall–Kier alpha value is -3.64. The lowest BCUT2D eigenvalue weighted by Gasteiger charge is -2.05. The van der Waals surface area contributed by atoms with Gasteiger partial charge in [-0.3, -0.25) is 0 Å². The molecule has 3 rings (SSSR count). The van der Waals surface area contributed by atoms with Gasteiger partial charge in [0.15, 0.2) is 0 Å². The molecule has 0 amide bonds. The van der Waals surface area contributed by atoms with Gasteiger partial charge in [0.25, 0.3) is 0 Å². The van der Waals surface area contributed by atoms with Crippen molar-refractivity contribution in [2.75, 3.05) is 0 Å². The lowest BCUT2D eigenvalue weighted by atomic mass is 10.1. The monoisotopic (exact) mass is 414 g/mol. The molecular weight excluding hydrogens is 402 g/mol. The fourth-order valence-electron chi connectivity index (χ4n) is 2.47. The summed E-state index contributed by atoms with van der Waals surface area (Å²) in [6.07, 6.45) is -8.82. The molecule has 0 aliphatic rings. The zero-order valence-corrected chi connectivity index (χ0v) is 15.2. The first-order chi connectivity index (χ1) is 14.1. The van der Waals surface area contributed by atoms with Gasteiger partial charge in [0.05, 0.1) is 11.1 Å². The van der Waals surface area contributed by atoms with Crippen molar-refractivity contribution in [3.8, 4) is 23.7 Å². The Morgan fingerprint density at radius 1 is 0.433 bits per heavy atom. The molecule has 3 aromatic rings. The smallest absolute Gasteiger partial charge is 0.166 e. The summed E-state index contributed by atoms with van der Waals surface area (Å²) < 4.78 is 75.7. The lowest BCUT2D eigenvalue weighted by Crippen LogP contribution is -2.04. The van der Waals surface area contributed by atoms with Gasteiger partial charge in [-0.15, -0.1) is 0 Å². The molecule has 0 saturated heterocycles. The molecule has 0 spiro atoms. The summed E-state index contributed by atoms with van der Waals surface area (Å²) in [6.45, 7) is 0. The van der Waals surface area contributed by atoms with Crippen LogP contribution in [0.15, 0.2) is 72.8 Å². The molecule has 0 N–H and O–H groups in total. The minimum atomic E-state index is -4.41. The lowest BCUT2D eigenvalue weighted by molar-refractivity contribution is -0.138. The fraction of sp³-hybridized carbons (Fsp3) is 0.0833. The third kappa shape index (κ3) is 5.46. The first kappa shape index (κ1) is 21.1. The van der Waals surface area contributed by atoms with Crippen molar-refractivity contribution in [3.05, 3.63) is 106 Å². The molecule has 0 saturated carbocycles. The molecule has 0 aliphatic carbocycles. The second-order valence-corrected chi connectivity index (χ2v) is 6.20. The van der Waals surface area contributed by atoms with Crippen molar-refractivity contribution in [3.63, 3.8) is 0 Å². The predicted molar refractivity (Wildman–Crippen MR) is 101 cm³/mol. The third-order valence-electron chi connectivity index (χ3n) is 4.03. The van der Waals surface area contributed by atoms with Crippen LogP contribution in [0.1, 0.15) is 33.4 Å². The maximum Gasteiger partial charge on any atom is 0.416 e. The van der Waals surface area contributed by atoms with E-state index in [0.717, 1.165) is 24.3 Å². The fourth-order valence-corrected chi connectivity index (χ4v) is 2.47. The molecule has 150 valence electrons. The van der Waals surface area contributed by atoms with Gasteiger partial charge in [-0.25, -0.2) is 0 Å². The topological polar surface area (TPSA) is 0 Å². The summed E-state index contributed by atoms with van der Waals surface area (Å²) in [6, 6.07) is 15.8. The van der Waals surface area contributed by atoms with E-state index in [4.69, 9.17) is 0 Å². The van der Waals surface area contributed by atoms with Gasteiger partial charge in [-0.05, 0) is 60.7 Å². The first-order valence-electron chi connectivity index (χ1n) is 8.60. The maximum absolute atomic E-state index is 12.6. The Bertz CT molecular complexity index is 1050. The van der Waals surface area contributed by atoms with E-state index in [1.807, 2.05) is 0 Å². The Balaban J connectivity index is 1.83. The Labute approximate surface area is 169 Å². The molecule has 30 heavy (non-hydrogen) atoms. The van der Waals surface area contributed by atoms with Crippen LogP contribution in [0.5, 0.6) is 0 Å². The molecule has 0 aliphatic heterocycles. The van der Waals surface area contributed by atoms with Gasteiger partial charge in [0.1, 0.15) is 0 Å². The van der Waals surface area contributed by atoms with E-state index < -0.39 is 23.5 Å². The summed E-state index contributed by atoms with van der Waals surface area (Å²) in [5, 5.41) is 0. The van der Waals surface area contributed by atoms with Crippen molar-refractivity contribution in [1.82, 2.24) is 0 Å². The average molecular weight is 414 g/mol. The zero-order chi connectivity index (χ0) is 21.8. The van der Waals surface area contributed by atoms with E-state index in [1.165, 1.54) is 24.3 Å². The van der Waals surface area contributed by atoms with Gasteiger partial charge >= 0.3 is 12.4 Å². The molecule has 0 bridgehead atoms. The van der Waals surface area contributed by atoms with Crippen LogP contribution in [0.2, 0.25) is 0 Å². The minimum absolute atomic E-state index is 0.411. The molecule has 0 unspecified atom stereocenters. The van der Waals surface area contributed by atoms with Crippen LogP contribution in [-0.2, 0) is 12.4 Å². The van der Waals surface area contributed by atoms with E-state index in [9.17, 15) is 26.3 Å². The van der Waals surface area contributed by atoms with Crippen LogP contribution in [0.25, 0.3) is 0 Å². The highest BCUT2D eigenvalue weighted by Gasteiger charge is 2.30. The van der Waals surface area contributed by atoms with Crippen LogP contribution in [0.4, 0.5) is 26.3 Å². The predicted octanol–water partition coefficient (Wildman–Crippen LogP) is 6.52. The Kier molecular flexibility index (Phi) is 5.89. The highest BCUT2D eigenvalue weighted by atomic mass is 19.4. The van der Waals surface area contributed by atoms with Crippen LogP contribution in [0.3, 0.4) is 0 Å². The zero-order valence-electron chi connectivity index (χ0n) is 15.2. The maximum atomic E-state index is 12.6. The van der Waals surface area contributed by atoms with Gasteiger partial charge in [-0.2, -0.15) is 26.3 Å². The Morgan fingerprint density at radius 2 is 0.767 bits per heavy atom. The van der Waals surface area contributed by atoms with Crippen molar-refractivity contribution in [1.29, 1.82) is 0 Å². The standard InChI is InChI=1S/C24H12F6/c25-23(26,27)21-13-7-17(8-14-21)5-11-19-3-1-2-4-20(19)12-6-18-9-15-22(16-10-18)24(28,29)30/h1-4,7-10,13-16H. The van der Waals surface area contributed by atoms with Crippen molar-refractivity contribution < 1.29 is 26.3 Å². The van der Waals surface area contributed by atoms with Crippen LogP contribution < -0.4 is 0 Å². The van der Waals surface area contributed by atoms with Gasteiger partial charge in [-0.1, -0.05) is 35.8 Å². The van der Waals surface area contributed by atoms with Gasteiger partial charge in [0, 0.05) is 22.3 Å². The van der Waals surface area contributed by atoms with Gasteiger partial charge in [0.2, 0.25) is 0 Å². The molecule has 0 aromatic heterocycles. The van der Waals surface area contributed by atoms with E-state index in [0.29, 0.717) is 22.3 Å². The van der Waals surface area contributed by atoms with E-state index in [1.54, 1.807) is 24.3 Å². The van der Waals surface area contributed by atoms with Crippen molar-refractivity contribution >= 4 is 0 Å². The molecule has 0 atom stereocenters. The van der Waals surface area contributed by atoms with Crippen LogP contribution >= 0.6 is 0 Å². The van der Waals surface area contributed by atoms with E-state index >= 15 is 0 Å². The SMILES string of the molecule is FC(F)(F)c1ccc(C#Cc2ccccc2C#Cc2ccc(C(F)(F)F)cc2)cc1. The molecular formula is C24H12F6. The number of rotatable bonds is 0. The number of benzene rings is 3. The number of hydrogen-bond acceptors (Lipinski definition) is 0. The summed E-state index contributed by atoms with van der Waals surface area (Å²) in [4.78, 5) is 0. The van der Waals surface area contributed by atoms with Crippen LogP contribution in [-0.4, -0.2) is 0 Å². The molecule has 3 aromatic carbocycles. The van der Waals surface area contributed by atoms with E-state index in [-0.39, 0.29) is 0 Å². The van der Waals surface area contributed by atoms with E-state index in [2.05, 4.69) is 23.7 Å².